The summed E-state index contributed by atoms with van der Waals surface area (Å²) in [6.07, 6.45) is 0. The van der Waals surface area contributed by atoms with Crippen molar-refractivity contribution in [2.75, 3.05) is 0 Å². The summed E-state index contributed by atoms with van der Waals surface area (Å²) >= 11 is 0. The highest BCUT2D eigenvalue weighted by molar-refractivity contribution is 4.64. The second-order valence-electron chi connectivity index (χ2n) is 5.89. The third-order valence-electron chi connectivity index (χ3n) is 1.73. The molecule has 0 unspecified atom stereocenters. The zero-order valence-electron chi connectivity index (χ0n) is 10.2. The number of nitrogens with two attached hydrogens (primary N) is 1. The molecular weight excluding hydrogens is 146 g/mol. The van der Waals surface area contributed by atoms with E-state index in [2.05, 4.69) is 34.6 Å². The van der Waals surface area contributed by atoms with Gasteiger partial charge in [0.1, 0.15) is 0 Å². The maximum atomic E-state index is 5.35. The summed E-state index contributed by atoms with van der Waals surface area (Å²) in [5.74, 6) is 0.799. The van der Waals surface area contributed by atoms with E-state index < -0.39 is 0 Å². The fourth-order valence-corrected chi connectivity index (χ4v) is 0. The molecule has 2 N–H and O–H groups in total. The molecule has 0 saturated heterocycles. The van der Waals surface area contributed by atoms with Gasteiger partial charge in [0.15, 0.2) is 0 Å². The molecule has 0 saturated carbocycles. The van der Waals surface area contributed by atoms with Crippen LogP contribution in [-0.4, -0.2) is 5.54 Å². The van der Waals surface area contributed by atoms with Crippen LogP contribution in [0.4, 0.5) is 0 Å². The molecule has 1 heteroatoms. The van der Waals surface area contributed by atoms with Crippen LogP contribution in [0.25, 0.3) is 0 Å². The van der Waals surface area contributed by atoms with Crippen LogP contribution >= 0.6 is 0 Å². The van der Waals surface area contributed by atoms with E-state index in [1.807, 2.05) is 20.8 Å². The molecule has 1 nitrogen and oxygen atoms in total. The number of hydrogen-bond acceptors (Lipinski definition) is 1. The maximum absolute atomic E-state index is 5.35. The van der Waals surface area contributed by atoms with Crippen molar-refractivity contribution in [3.05, 3.63) is 0 Å². The molecule has 0 rings (SSSR count). The lowest BCUT2D eigenvalue weighted by atomic mass is 9.84. The molecule has 0 atom stereocenters. The van der Waals surface area contributed by atoms with Gasteiger partial charge >= 0.3 is 0 Å². The van der Waals surface area contributed by atoms with Gasteiger partial charge in [-0.3, -0.25) is 0 Å². The van der Waals surface area contributed by atoms with E-state index in [0.717, 1.165) is 5.92 Å². The van der Waals surface area contributed by atoms with Crippen LogP contribution in [0, 0.1) is 11.3 Å². The predicted molar refractivity (Wildman–Crippen MR) is 58.2 cm³/mol. The first-order valence-electron chi connectivity index (χ1n) is 4.73. The average Bonchev–Trinajstić information content (AvgIpc) is 1.55. The van der Waals surface area contributed by atoms with Crippen molar-refractivity contribution in [2.24, 2.45) is 17.1 Å². The Labute approximate surface area is 78.7 Å². The Morgan fingerprint density at radius 3 is 0.917 bits per heavy atom. The molecule has 0 aromatic rings. The first-order valence-corrected chi connectivity index (χ1v) is 4.73. The van der Waals surface area contributed by atoms with Crippen molar-refractivity contribution in [3.63, 3.8) is 0 Å². The van der Waals surface area contributed by atoms with Gasteiger partial charge in [-0.25, -0.2) is 0 Å². The minimum atomic E-state index is 0. The Morgan fingerprint density at radius 1 is 0.833 bits per heavy atom. The van der Waals surface area contributed by atoms with Crippen LogP contribution in [0.15, 0.2) is 0 Å². The molecular formula is C11H27N. The Bertz CT molecular complexity index is 95.2. The number of hydrogen-bond donors (Lipinski definition) is 1. The van der Waals surface area contributed by atoms with E-state index >= 15 is 0 Å². The molecule has 0 aromatic carbocycles. The van der Waals surface area contributed by atoms with Gasteiger partial charge in [0.2, 0.25) is 0 Å². The summed E-state index contributed by atoms with van der Waals surface area (Å²) in [6, 6.07) is 0. The highest BCUT2D eigenvalue weighted by Gasteiger charge is 2.13. The van der Waals surface area contributed by atoms with Crippen LogP contribution in [0.3, 0.4) is 0 Å². The molecule has 0 aliphatic heterocycles. The lowest BCUT2D eigenvalue weighted by molar-refractivity contribution is 0.283. The second kappa shape index (κ2) is 4.86. The molecule has 0 aliphatic rings. The maximum Gasteiger partial charge on any atom is 0.00686 e. The highest BCUT2D eigenvalue weighted by Crippen LogP contribution is 2.23. The zero-order chi connectivity index (χ0) is 10.6. The van der Waals surface area contributed by atoms with Gasteiger partial charge in [-0.2, -0.15) is 0 Å². The van der Waals surface area contributed by atoms with Crippen LogP contribution in [0.2, 0.25) is 0 Å². The molecule has 0 radical (unpaired) electrons. The van der Waals surface area contributed by atoms with Crippen LogP contribution in [0.5, 0.6) is 0 Å². The van der Waals surface area contributed by atoms with Crippen molar-refractivity contribution in [3.8, 4) is 0 Å². The normalized spacial score (nSPS) is 12.5. The van der Waals surface area contributed by atoms with Gasteiger partial charge in [-0.1, -0.05) is 34.6 Å². The third kappa shape index (κ3) is 22.5. The topological polar surface area (TPSA) is 26.0 Å². The van der Waals surface area contributed by atoms with Gasteiger partial charge in [0.05, 0.1) is 0 Å². The molecule has 0 spiro atoms. The van der Waals surface area contributed by atoms with E-state index in [1.54, 1.807) is 0 Å². The van der Waals surface area contributed by atoms with Gasteiger partial charge < -0.3 is 5.73 Å². The molecule has 0 heterocycles. The quantitative estimate of drug-likeness (QED) is 0.596. The summed E-state index contributed by atoms with van der Waals surface area (Å²) in [6.45, 7) is 17.2. The molecule has 76 valence electrons. The molecule has 0 fully saturated rings. The van der Waals surface area contributed by atoms with Crippen molar-refractivity contribution in [1.82, 2.24) is 0 Å². The second-order valence-corrected chi connectivity index (χ2v) is 5.89. The van der Waals surface area contributed by atoms with Crippen molar-refractivity contribution in [2.45, 2.75) is 60.9 Å². The molecule has 0 aliphatic carbocycles. The number of rotatable bonds is 0. The fraction of sp³-hybridized carbons (Fsp3) is 1.00. The minimum Gasteiger partial charge on any atom is -0.326 e. The molecule has 0 bridgehead atoms. The Kier molecular flexibility index (Phi) is 5.86. The summed E-state index contributed by atoms with van der Waals surface area (Å²) in [5.41, 5.74) is 5.85. The van der Waals surface area contributed by atoms with Crippen LogP contribution in [0.1, 0.15) is 55.4 Å². The first kappa shape index (κ1) is 14.5. The fourth-order valence-electron chi connectivity index (χ4n) is 0. The van der Waals surface area contributed by atoms with Gasteiger partial charge in [0, 0.05) is 5.54 Å². The van der Waals surface area contributed by atoms with Crippen molar-refractivity contribution >= 4 is 0 Å². The molecule has 0 amide bonds. The van der Waals surface area contributed by atoms with Crippen molar-refractivity contribution in [1.29, 1.82) is 0 Å². The van der Waals surface area contributed by atoms with Crippen LogP contribution in [-0.2, 0) is 0 Å². The largest absolute Gasteiger partial charge is 0.326 e. The molecule has 0 aromatic heterocycles. The van der Waals surface area contributed by atoms with E-state index in [4.69, 9.17) is 5.73 Å². The summed E-state index contributed by atoms with van der Waals surface area (Å²) in [7, 11) is 0. The minimum absolute atomic E-state index is 0. The lowest BCUT2D eigenvalue weighted by Gasteiger charge is -2.22. The van der Waals surface area contributed by atoms with Gasteiger partial charge in [-0.05, 0) is 32.1 Å². The monoisotopic (exact) mass is 173 g/mol. The smallest absolute Gasteiger partial charge is 0.00686 e. The first-order chi connectivity index (χ1) is 4.94. The van der Waals surface area contributed by atoms with E-state index in [-0.39, 0.29) is 5.54 Å². The summed E-state index contributed by atoms with van der Waals surface area (Å²) in [4.78, 5) is 0. The Balaban J connectivity index is 0. The van der Waals surface area contributed by atoms with E-state index in [0.29, 0.717) is 5.41 Å². The van der Waals surface area contributed by atoms with Gasteiger partial charge in [-0.15, -0.1) is 0 Å². The summed E-state index contributed by atoms with van der Waals surface area (Å²) < 4.78 is 0. The van der Waals surface area contributed by atoms with Crippen LogP contribution < -0.4 is 5.73 Å². The van der Waals surface area contributed by atoms with Crippen molar-refractivity contribution < 1.29 is 0 Å². The zero-order valence-corrected chi connectivity index (χ0v) is 10.2. The highest BCUT2D eigenvalue weighted by atomic mass is 14.7. The Morgan fingerprint density at radius 2 is 0.917 bits per heavy atom. The van der Waals surface area contributed by atoms with E-state index in [9.17, 15) is 0 Å². The predicted octanol–water partition coefficient (Wildman–Crippen LogP) is 3.43. The summed E-state index contributed by atoms with van der Waals surface area (Å²) in [5, 5.41) is 0. The average molecular weight is 173 g/mol. The van der Waals surface area contributed by atoms with Gasteiger partial charge in [0.25, 0.3) is 0 Å². The Hall–Kier alpha value is -0.0400. The molecule has 12 heavy (non-hydrogen) atoms. The standard InChI is InChI=1S/C7H16.C4H11N/c1-6(2)7(3,4)5;1-4(2,3)5/h6H,1-5H3;5H2,1-3H3. The SMILES string of the molecule is CC(C)(C)N.CC(C)C(C)(C)C. The van der Waals surface area contributed by atoms with E-state index in [1.165, 1.54) is 0 Å². The lowest BCUT2D eigenvalue weighted by Crippen LogP contribution is -2.26. The third-order valence-corrected chi connectivity index (χ3v) is 1.73.